The maximum Gasteiger partial charge on any atom is 0.341 e. The molecule has 0 spiro atoms. The van der Waals surface area contributed by atoms with Crippen molar-refractivity contribution >= 4 is 21.7 Å². The summed E-state index contributed by atoms with van der Waals surface area (Å²) in [7, 11) is -0.355. The molecule has 0 N–H and O–H groups in total. The van der Waals surface area contributed by atoms with Crippen molar-refractivity contribution < 1.29 is 32.2 Å². The molecule has 0 aromatic heterocycles. The number of carbonyl (C=O) groups excluding carboxylic acids is 2. The third-order valence-electron chi connectivity index (χ3n) is 5.55. The predicted octanol–water partition coefficient (Wildman–Crippen LogP) is 1.82. The van der Waals surface area contributed by atoms with E-state index in [1.54, 1.807) is 11.0 Å². The molecule has 1 saturated heterocycles. The molecule has 1 aliphatic heterocycles. The van der Waals surface area contributed by atoms with Crippen LogP contribution in [0.5, 0.6) is 11.5 Å². The molecule has 1 aliphatic carbocycles. The molecular formula is C20H27NO7S. The van der Waals surface area contributed by atoms with E-state index in [9.17, 15) is 18.0 Å². The second-order valence-electron chi connectivity index (χ2n) is 7.44. The number of nitrogens with zero attached hydrogens (tertiary/aromatic N) is 1. The molecule has 1 heterocycles. The van der Waals surface area contributed by atoms with Crippen molar-refractivity contribution in [3.05, 3.63) is 23.8 Å². The maximum atomic E-state index is 13.1. The zero-order valence-corrected chi connectivity index (χ0v) is 17.6. The van der Waals surface area contributed by atoms with Gasteiger partial charge in [0.15, 0.2) is 16.4 Å². The fourth-order valence-corrected chi connectivity index (χ4v) is 5.84. The minimum Gasteiger partial charge on any atom is -0.497 e. The summed E-state index contributed by atoms with van der Waals surface area (Å²) in [4.78, 5) is 26.8. The van der Waals surface area contributed by atoms with E-state index in [0.29, 0.717) is 12.2 Å². The third-order valence-corrected chi connectivity index (χ3v) is 7.30. The Balaban J connectivity index is 1.77. The van der Waals surface area contributed by atoms with E-state index < -0.39 is 15.8 Å². The lowest BCUT2D eigenvalue weighted by Gasteiger charge is -2.34. The standard InChI is InChI=1S/C20H27NO7S/c1-26-16-7-8-17(20(23)27-2)18(11-16)28-12-19(22)21(14-5-3-4-6-14)15-9-10-29(24,25)13-15/h7-8,11,14-15H,3-6,9-10,12-13H2,1-2H3. The SMILES string of the molecule is COC(=O)c1ccc(OC)cc1OCC(=O)N(C1CCCC1)C1CCS(=O)(=O)C1. The second-order valence-corrected chi connectivity index (χ2v) is 9.67. The summed E-state index contributed by atoms with van der Waals surface area (Å²) in [5.74, 6) is -0.0639. The number of benzene rings is 1. The van der Waals surface area contributed by atoms with Gasteiger partial charge >= 0.3 is 5.97 Å². The highest BCUT2D eigenvalue weighted by Crippen LogP contribution is 2.30. The topological polar surface area (TPSA) is 99.2 Å². The molecule has 2 fully saturated rings. The Hall–Kier alpha value is -2.29. The molecule has 1 unspecified atom stereocenters. The van der Waals surface area contributed by atoms with Gasteiger partial charge < -0.3 is 19.1 Å². The van der Waals surface area contributed by atoms with E-state index in [2.05, 4.69) is 0 Å². The van der Waals surface area contributed by atoms with Crippen molar-refractivity contribution in [1.29, 1.82) is 0 Å². The van der Waals surface area contributed by atoms with Crippen LogP contribution in [0.25, 0.3) is 0 Å². The van der Waals surface area contributed by atoms with Crippen molar-refractivity contribution in [2.75, 3.05) is 32.3 Å². The average molecular weight is 426 g/mol. The Morgan fingerprint density at radius 3 is 2.41 bits per heavy atom. The summed E-state index contributed by atoms with van der Waals surface area (Å²) in [6.45, 7) is -0.287. The first-order chi connectivity index (χ1) is 13.8. The zero-order chi connectivity index (χ0) is 21.0. The highest BCUT2D eigenvalue weighted by molar-refractivity contribution is 7.91. The quantitative estimate of drug-likeness (QED) is 0.615. The summed E-state index contributed by atoms with van der Waals surface area (Å²) in [5, 5.41) is 0. The molecule has 0 bridgehead atoms. The number of hydrogen-bond donors (Lipinski definition) is 0. The van der Waals surface area contributed by atoms with Gasteiger partial charge in [0.05, 0.1) is 25.7 Å². The molecule has 9 heteroatoms. The van der Waals surface area contributed by atoms with Crippen LogP contribution in [0.2, 0.25) is 0 Å². The number of carbonyl (C=O) groups is 2. The largest absolute Gasteiger partial charge is 0.497 e. The molecule has 1 saturated carbocycles. The Bertz CT molecular complexity index is 862. The smallest absolute Gasteiger partial charge is 0.341 e. The van der Waals surface area contributed by atoms with Gasteiger partial charge in [-0.3, -0.25) is 4.79 Å². The lowest BCUT2D eigenvalue weighted by Crippen LogP contribution is -2.48. The number of sulfone groups is 1. The van der Waals surface area contributed by atoms with Gasteiger partial charge in [0, 0.05) is 18.2 Å². The normalized spacial score (nSPS) is 21.0. The molecule has 29 heavy (non-hydrogen) atoms. The Kier molecular flexibility index (Phi) is 6.66. The molecule has 2 aliphatic rings. The molecule has 1 aromatic carbocycles. The molecular weight excluding hydrogens is 398 g/mol. The number of esters is 1. The first-order valence-electron chi connectivity index (χ1n) is 9.75. The van der Waals surface area contributed by atoms with Gasteiger partial charge in [-0.25, -0.2) is 13.2 Å². The molecule has 8 nitrogen and oxygen atoms in total. The van der Waals surface area contributed by atoms with Crippen LogP contribution in [0.4, 0.5) is 0 Å². The van der Waals surface area contributed by atoms with Crippen LogP contribution in [0, 0.1) is 0 Å². The summed E-state index contributed by atoms with van der Waals surface area (Å²) >= 11 is 0. The number of rotatable bonds is 7. The molecule has 160 valence electrons. The number of methoxy groups -OCH3 is 2. The fourth-order valence-electron chi connectivity index (χ4n) is 4.12. The molecule has 1 atom stereocenters. The van der Waals surface area contributed by atoms with Gasteiger partial charge in [0.25, 0.3) is 5.91 Å². The van der Waals surface area contributed by atoms with E-state index in [1.807, 2.05) is 0 Å². The lowest BCUT2D eigenvalue weighted by molar-refractivity contribution is -0.137. The van der Waals surface area contributed by atoms with Crippen LogP contribution in [-0.4, -0.2) is 69.6 Å². The van der Waals surface area contributed by atoms with E-state index in [1.165, 1.54) is 26.4 Å². The van der Waals surface area contributed by atoms with Crippen molar-refractivity contribution in [3.63, 3.8) is 0 Å². The summed E-state index contributed by atoms with van der Waals surface area (Å²) in [6.07, 6.45) is 4.25. The van der Waals surface area contributed by atoms with Crippen LogP contribution < -0.4 is 9.47 Å². The molecule has 0 radical (unpaired) electrons. The van der Waals surface area contributed by atoms with E-state index >= 15 is 0 Å². The first kappa shape index (κ1) is 21.4. The minimum absolute atomic E-state index is 0.00180. The van der Waals surface area contributed by atoms with Gasteiger partial charge in [0.2, 0.25) is 0 Å². The van der Waals surface area contributed by atoms with Crippen molar-refractivity contribution in [2.45, 2.75) is 44.2 Å². The van der Waals surface area contributed by atoms with Crippen LogP contribution >= 0.6 is 0 Å². The van der Waals surface area contributed by atoms with Crippen LogP contribution in [0.3, 0.4) is 0 Å². The Morgan fingerprint density at radius 2 is 1.83 bits per heavy atom. The number of hydrogen-bond acceptors (Lipinski definition) is 7. The Labute approximate surface area is 171 Å². The van der Waals surface area contributed by atoms with Gasteiger partial charge in [-0.1, -0.05) is 12.8 Å². The minimum atomic E-state index is -3.11. The molecule has 1 amide bonds. The number of ether oxygens (including phenoxy) is 3. The predicted molar refractivity (Wildman–Crippen MR) is 106 cm³/mol. The molecule has 3 rings (SSSR count). The zero-order valence-electron chi connectivity index (χ0n) is 16.8. The van der Waals surface area contributed by atoms with Gasteiger partial charge in [0.1, 0.15) is 17.1 Å². The lowest BCUT2D eigenvalue weighted by atomic mass is 10.1. The van der Waals surface area contributed by atoms with Gasteiger partial charge in [-0.05, 0) is 31.4 Å². The number of amides is 1. The van der Waals surface area contributed by atoms with Crippen molar-refractivity contribution in [2.24, 2.45) is 0 Å². The summed E-state index contributed by atoms with van der Waals surface area (Å²) in [6, 6.07) is 4.37. The van der Waals surface area contributed by atoms with E-state index in [0.717, 1.165) is 25.7 Å². The highest BCUT2D eigenvalue weighted by atomic mass is 32.2. The Morgan fingerprint density at radius 1 is 1.10 bits per heavy atom. The van der Waals surface area contributed by atoms with Crippen LogP contribution in [0.15, 0.2) is 18.2 Å². The van der Waals surface area contributed by atoms with Crippen molar-refractivity contribution in [3.8, 4) is 11.5 Å². The van der Waals surface area contributed by atoms with Gasteiger partial charge in [-0.15, -0.1) is 0 Å². The average Bonchev–Trinajstić information content (AvgIpc) is 3.35. The maximum absolute atomic E-state index is 13.1. The highest BCUT2D eigenvalue weighted by Gasteiger charge is 2.39. The summed E-state index contributed by atoms with van der Waals surface area (Å²) in [5.41, 5.74) is 0.192. The second kappa shape index (κ2) is 9.02. The van der Waals surface area contributed by atoms with Crippen molar-refractivity contribution in [1.82, 2.24) is 4.90 Å². The third kappa shape index (κ3) is 5.01. The van der Waals surface area contributed by atoms with E-state index in [4.69, 9.17) is 14.2 Å². The van der Waals surface area contributed by atoms with Crippen LogP contribution in [0.1, 0.15) is 42.5 Å². The van der Waals surface area contributed by atoms with Crippen LogP contribution in [-0.2, 0) is 19.4 Å². The first-order valence-corrected chi connectivity index (χ1v) is 11.6. The van der Waals surface area contributed by atoms with E-state index in [-0.39, 0.29) is 47.4 Å². The fraction of sp³-hybridized carbons (Fsp3) is 0.600. The monoisotopic (exact) mass is 425 g/mol. The van der Waals surface area contributed by atoms with Gasteiger partial charge in [-0.2, -0.15) is 0 Å². The molecule has 1 aromatic rings. The summed E-state index contributed by atoms with van der Waals surface area (Å²) < 4.78 is 39.5.